The van der Waals surface area contributed by atoms with Crippen LogP contribution in [0.2, 0.25) is 0 Å². The van der Waals surface area contributed by atoms with E-state index in [9.17, 15) is 4.79 Å². The Hall–Kier alpha value is -1.52. The second-order valence-electron chi connectivity index (χ2n) is 13.7. The van der Waals surface area contributed by atoms with Crippen molar-refractivity contribution in [1.29, 1.82) is 5.41 Å². The predicted molar refractivity (Wildman–Crippen MR) is 200 cm³/mol. The van der Waals surface area contributed by atoms with Gasteiger partial charge in [0.1, 0.15) is 0 Å². The van der Waals surface area contributed by atoms with Crippen LogP contribution in [0, 0.1) is 5.41 Å². The third-order valence-electron chi connectivity index (χ3n) is 9.23. The molecule has 0 spiro atoms. The highest BCUT2D eigenvalue weighted by Gasteiger charge is 2.12. The number of nitrogens with one attached hydrogen (secondary N) is 2. The molecule has 1 amide bonds. The Morgan fingerprint density at radius 1 is 0.533 bits per heavy atom. The molecule has 0 unspecified atom stereocenters. The lowest BCUT2D eigenvalue weighted by molar-refractivity contribution is -0.131. The highest BCUT2D eigenvalue weighted by Crippen LogP contribution is 2.15. The summed E-state index contributed by atoms with van der Waals surface area (Å²) in [4.78, 5) is 15.0. The van der Waals surface area contributed by atoms with Crippen molar-refractivity contribution in [1.82, 2.24) is 10.2 Å². The lowest BCUT2D eigenvalue weighted by Gasteiger charge is -2.23. The number of carbonyl (C=O) groups is 1. The molecule has 5 nitrogen and oxygen atoms in total. The molecule has 45 heavy (non-hydrogen) atoms. The number of rotatable bonds is 36. The molecule has 0 aliphatic rings. The highest BCUT2D eigenvalue weighted by molar-refractivity contribution is 5.78. The summed E-state index contributed by atoms with van der Waals surface area (Å²) in [7, 11) is 0. The molecule has 0 aromatic heterocycles. The molecule has 0 aliphatic heterocycles. The average molecular weight is 633 g/mol. The topological polar surface area (TPSA) is 82.2 Å². The summed E-state index contributed by atoms with van der Waals surface area (Å²) >= 11 is 0. The first-order chi connectivity index (χ1) is 22.1. The van der Waals surface area contributed by atoms with E-state index in [-0.39, 0.29) is 11.9 Å². The van der Waals surface area contributed by atoms with Gasteiger partial charge in [0, 0.05) is 26.1 Å². The molecule has 0 atom stereocenters. The van der Waals surface area contributed by atoms with Crippen LogP contribution in [-0.4, -0.2) is 36.4 Å². The minimum absolute atomic E-state index is 0.0551. The van der Waals surface area contributed by atoms with E-state index in [2.05, 4.69) is 36.2 Å². The summed E-state index contributed by atoms with van der Waals surface area (Å²) in [5.41, 5.74) is 5.40. The molecule has 0 radical (unpaired) electrons. The van der Waals surface area contributed by atoms with Gasteiger partial charge in [-0.3, -0.25) is 10.2 Å². The summed E-state index contributed by atoms with van der Waals surface area (Å²) < 4.78 is 0. The second kappa shape index (κ2) is 36.9. The van der Waals surface area contributed by atoms with E-state index in [1.54, 1.807) is 0 Å². The van der Waals surface area contributed by atoms with Gasteiger partial charge in [0.05, 0.1) is 0 Å². The number of carbonyl (C=O) groups excluding carboxylic acids is 1. The van der Waals surface area contributed by atoms with Crippen LogP contribution in [-0.2, 0) is 4.79 Å². The smallest absolute Gasteiger partial charge is 0.224 e. The standard InChI is InChI=1S/C40H80N4O/c1-3-5-7-9-11-13-15-17-19-21-23-25-27-29-31-33-37-44(39(45)35-36-43-40(41)42)38-34-32-30-28-26-24-22-20-18-16-14-12-10-8-6-4-2/h17,19H,3-16,18,20-38H2,1-2H3,(H4,41,42,43)/b19-17+. The van der Waals surface area contributed by atoms with Crippen LogP contribution >= 0.6 is 0 Å². The number of unbranched alkanes of at least 4 members (excludes halogenated alkanes) is 27. The third kappa shape index (κ3) is 35.2. The third-order valence-corrected chi connectivity index (χ3v) is 9.23. The van der Waals surface area contributed by atoms with Crippen LogP contribution in [0.5, 0.6) is 0 Å². The molecule has 0 aromatic rings. The first-order valence-electron chi connectivity index (χ1n) is 20.1. The molecular weight excluding hydrogens is 552 g/mol. The molecule has 0 rings (SSSR count). The van der Waals surface area contributed by atoms with Gasteiger partial charge in [-0.2, -0.15) is 0 Å². The Kier molecular flexibility index (Phi) is 35.7. The van der Waals surface area contributed by atoms with E-state index in [1.165, 1.54) is 180 Å². The van der Waals surface area contributed by atoms with Crippen molar-refractivity contribution in [2.75, 3.05) is 19.6 Å². The number of hydrogen-bond acceptors (Lipinski definition) is 2. The normalized spacial score (nSPS) is 11.4. The van der Waals surface area contributed by atoms with E-state index >= 15 is 0 Å². The average Bonchev–Trinajstić information content (AvgIpc) is 3.03. The molecule has 4 N–H and O–H groups in total. The monoisotopic (exact) mass is 633 g/mol. The molecule has 0 aromatic carbocycles. The largest absolute Gasteiger partial charge is 0.370 e. The Morgan fingerprint density at radius 3 is 1.18 bits per heavy atom. The van der Waals surface area contributed by atoms with Crippen LogP contribution < -0.4 is 11.1 Å². The van der Waals surface area contributed by atoms with Crippen molar-refractivity contribution in [3.63, 3.8) is 0 Å². The number of hydrogen-bond donors (Lipinski definition) is 3. The lowest BCUT2D eigenvalue weighted by atomic mass is 10.0. The maximum atomic E-state index is 12.9. The lowest BCUT2D eigenvalue weighted by Crippen LogP contribution is -2.37. The fourth-order valence-electron chi connectivity index (χ4n) is 6.22. The number of nitrogens with zero attached hydrogens (tertiary/aromatic N) is 1. The van der Waals surface area contributed by atoms with Gasteiger partial charge in [-0.05, 0) is 38.5 Å². The molecule has 0 saturated heterocycles. The quantitative estimate of drug-likeness (QED) is 0.0278. The highest BCUT2D eigenvalue weighted by atomic mass is 16.2. The van der Waals surface area contributed by atoms with Crippen LogP contribution in [0.4, 0.5) is 0 Å². The van der Waals surface area contributed by atoms with E-state index < -0.39 is 0 Å². The zero-order chi connectivity index (χ0) is 32.9. The van der Waals surface area contributed by atoms with Gasteiger partial charge < -0.3 is 16.0 Å². The van der Waals surface area contributed by atoms with Gasteiger partial charge >= 0.3 is 0 Å². The van der Waals surface area contributed by atoms with Gasteiger partial charge in [-0.1, -0.05) is 180 Å². The summed E-state index contributed by atoms with van der Waals surface area (Å²) in [5.74, 6) is 0.151. The molecule has 0 bridgehead atoms. The molecule has 0 aliphatic carbocycles. The van der Waals surface area contributed by atoms with Crippen LogP contribution in [0.15, 0.2) is 12.2 Å². The first-order valence-corrected chi connectivity index (χ1v) is 20.1. The predicted octanol–water partition coefficient (Wildman–Crippen LogP) is 12.0. The summed E-state index contributed by atoms with van der Waals surface area (Å²) in [6, 6.07) is 0. The molecule has 0 fully saturated rings. The van der Waals surface area contributed by atoms with E-state index in [0.717, 1.165) is 25.9 Å². The fraction of sp³-hybridized carbons (Fsp3) is 0.900. The van der Waals surface area contributed by atoms with Gasteiger partial charge in [0.15, 0.2) is 5.96 Å². The Labute approximate surface area is 282 Å². The minimum Gasteiger partial charge on any atom is -0.370 e. The maximum Gasteiger partial charge on any atom is 0.224 e. The zero-order valence-electron chi connectivity index (χ0n) is 30.6. The first kappa shape index (κ1) is 43.5. The van der Waals surface area contributed by atoms with E-state index in [1.807, 2.05) is 0 Å². The van der Waals surface area contributed by atoms with Crippen LogP contribution in [0.25, 0.3) is 0 Å². The number of nitrogens with two attached hydrogens (primary N) is 1. The van der Waals surface area contributed by atoms with Gasteiger partial charge in [0.25, 0.3) is 0 Å². The Balaban J connectivity index is 3.86. The fourth-order valence-corrected chi connectivity index (χ4v) is 6.22. The van der Waals surface area contributed by atoms with Crippen LogP contribution in [0.3, 0.4) is 0 Å². The Morgan fingerprint density at radius 2 is 0.844 bits per heavy atom. The Bertz CT molecular complexity index is 650. The van der Waals surface area contributed by atoms with Gasteiger partial charge in [0.2, 0.25) is 5.91 Å². The second-order valence-corrected chi connectivity index (χ2v) is 13.7. The minimum atomic E-state index is -0.0551. The van der Waals surface area contributed by atoms with Crippen molar-refractivity contribution in [3.8, 4) is 0 Å². The van der Waals surface area contributed by atoms with E-state index in [0.29, 0.717) is 13.0 Å². The van der Waals surface area contributed by atoms with Crippen molar-refractivity contribution in [2.45, 2.75) is 213 Å². The summed E-state index contributed by atoms with van der Waals surface area (Å²) in [6.07, 6.45) is 45.4. The molecule has 0 heterocycles. The SMILES string of the molecule is CCCCCCCC/C=C/CCCCCCCCN(CCCCCCCCCCCCCCCCCC)C(=O)CCNC(=N)N. The maximum absolute atomic E-state index is 12.9. The van der Waals surface area contributed by atoms with Crippen molar-refractivity contribution in [2.24, 2.45) is 5.73 Å². The number of guanidine groups is 1. The number of amides is 1. The summed E-state index contributed by atoms with van der Waals surface area (Å²) in [5, 5.41) is 10.1. The van der Waals surface area contributed by atoms with Gasteiger partial charge in [-0.15, -0.1) is 0 Å². The van der Waals surface area contributed by atoms with E-state index in [4.69, 9.17) is 11.1 Å². The van der Waals surface area contributed by atoms with Gasteiger partial charge in [-0.25, -0.2) is 0 Å². The zero-order valence-corrected chi connectivity index (χ0v) is 30.6. The molecule has 266 valence electrons. The summed E-state index contributed by atoms with van der Waals surface area (Å²) in [6.45, 7) is 6.78. The molecule has 5 heteroatoms. The van der Waals surface area contributed by atoms with Crippen molar-refractivity contribution in [3.05, 3.63) is 12.2 Å². The van der Waals surface area contributed by atoms with Crippen molar-refractivity contribution < 1.29 is 4.79 Å². The molecular formula is C40H80N4O. The molecule has 0 saturated carbocycles. The van der Waals surface area contributed by atoms with Crippen molar-refractivity contribution >= 4 is 11.9 Å². The number of allylic oxidation sites excluding steroid dienone is 2. The van der Waals surface area contributed by atoms with Crippen LogP contribution in [0.1, 0.15) is 213 Å².